The van der Waals surface area contributed by atoms with E-state index in [9.17, 15) is 9.59 Å². The van der Waals surface area contributed by atoms with Crippen LogP contribution in [0.5, 0.6) is 0 Å². The number of hydrogen-bond donors (Lipinski definition) is 1. The molecule has 1 aliphatic rings. The lowest BCUT2D eigenvalue weighted by molar-refractivity contribution is -0.115. The summed E-state index contributed by atoms with van der Waals surface area (Å²) >= 11 is 8.77. The fourth-order valence-electron chi connectivity index (χ4n) is 1.53. The van der Waals surface area contributed by atoms with Crippen molar-refractivity contribution in [2.45, 2.75) is 6.42 Å². The fraction of sp³-hybridized carbons (Fsp3) is 0.200. The Morgan fingerprint density at radius 1 is 1.53 bits per heavy atom. The molecule has 0 aromatic heterocycles. The number of halogens is 2. The van der Waals surface area contributed by atoms with Crippen molar-refractivity contribution in [2.24, 2.45) is 0 Å². The first kappa shape index (κ1) is 10.6. The third kappa shape index (κ3) is 1.92. The van der Waals surface area contributed by atoms with E-state index in [1.54, 1.807) is 12.1 Å². The van der Waals surface area contributed by atoms with E-state index in [-0.39, 0.29) is 17.6 Å². The van der Waals surface area contributed by atoms with Crippen LogP contribution in [0.4, 0.5) is 5.69 Å². The summed E-state index contributed by atoms with van der Waals surface area (Å²) in [4.78, 5) is 22.6. The van der Waals surface area contributed by atoms with Gasteiger partial charge in [-0.2, -0.15) is 0 Å². The molecule has 1 N–H and O–H groups in total. The number of ketones is 1. The lowest BCUT2D eigenvalue weighted by atomic mass is 10.1. The highest BCUT2D eigenvalue weighted by molar-refractivity contribution is 9.10. The summed E-state index contributed by atoms with van der Waals surface area (Å²) in [6, 6.07) is 3.45. The summed E-state index contributed by atoms with van der Waals surface area (Å²) < 4.78 is 0.661. The van der Waals surface area contributed by atoms with Gasteiger partial charge < -0.3 is 5.32 Å². The van der Waals surface area contributed by atoms with Crippen LogP contribution in [0.1, 0.15) is 15.9 Å². The van der Waals surface area contributed by atoms with E-state index in [0.29, 0.717) is 16.5 Å². The van der Waals surface area contributed by atoms with Crippen LogP contribution in [0.3, 0.4) is 0 Å². The second-order valence-electron chi connectivity index (χ2n) is 3.27. The Balaban J connectivity index is 2.48. The van der Waals surface area contributed by atoms with E-state index >= 15 is 0 Å². The van der Waals surface area contributed by atoms with Gasteiger partial charge in [-0.3, -0.25) is 9.59 Å². The quantitative estimate of drug-likeness (QED) is 0.671. The molecule has 1 heterocycles. The molecular weight excluding hydrogens is 281 g/mol. The van der Waals surface area contributed by atoms with Crippen LogP contribution in [0.25, 0.3) is 0 Å². The van der Waals surface area contributed by atoms with Gasteiger partial charge in [0, 0.05) is 15.7 Å². The van der Waals surface area contributed by atoms with Gasteiger partial charge >= 0.3 is 0 Å². The first-order chi connectivity index (χ1) is 7.11. The van der Waals surface area contributed by atoms with Gasteiger partial charge in [0.15, 0.2) is 5.78 Å². The zero-order valence-corrected chi connectivity index (χ0v) is 9.98. The number of alkyl halides is 1. The average Bonchev–Trinajstić information content (AvgIpc) is 2.55. The van der Waals surface area contributed by atoms with E-state index in [2.05, 4.69) is 21.2 Å². The highest BCUT2D eigenvalue weighted by Crippen LogP contribution is 2.30. The molecule has 1 aromatic rings. The average molecular weight is 289 g/mol. The largest absolute Gasteiger partial charge is 0.325 e. The number of nitrogens with one attached hydrogen (secondary N) is 1. The summed E-state index contributed by atoms with van der Waals surface area (Å²) in [5.74, 6) is -0.253. The van der Waals surface area contributed by atoms with E-state index in [1.165, 1.54) is 0 Å². The molecule has 1 amide bonds. The number of anilines is 1. The third-order valence-corrected chi connectivity index (χ3v) is 3.14. The first-order valence-electron chi connectivity index (χ1n) is 4.33. The SMILES string of the molecule is O=C1Cc2cc(C(=O)CCl)c(Br)cc2N1. The van der Waals surface area contributed by atoms with Crippen molar-refractivity contribution in [2.75, 3.05) is 11.2 Å². The molecule has 15 heavy (non-hydrogen) atoms. The summed E-state index contributed by atoms with van der Waals surface area (Å²) in [5, 5.41) is 2.71. The van der Waals surface area contributed by atoms with Crippen molar-refractivity contribution < 1.29 is 9.59 Å². The van der Waals surface area contributed by atoms with Crippen molar-refractivity contribution >= 4 is 44.9 Å². The molecule has 0 fully saturated rings. The number of amides is 1. The van der Waals surface area contributed by atoms with E-state index in [1.807, 2.05) is 0 Å². The van der Waals surface area contributed by atoms with Crippen molar-refractivity contribution in [3.63, 3.8) is 0 Å². The molecule has 0 saturated heterocycles. The van der Waals surface area contributed by atoms with Crippen LogP contribution in [0.15, 0.2) is 16.6 Å². The topological polar surface area (TPSA) is 46.2 Å². The maximum Gasteiger partial charge on any atom is 0.228 e. The van der Waals surface area contributed by atoms with Crippen molar-refractivity contribution in [3.05, 3.63) is 27.7 Å². The summed E-state index contributed by atoms with van der Waals surface area (Å²) in [7, 11) is 0. The minimum Gasteiger partial charge on any atom is -0.325 e. The predicted molar refractivity (Wildman–Crippen MR) is 61.5 cm³/mol. The number of fused-ring (bicyclic) bond motifs is 1. The number of carbonyl (C=O) groups excluding carboxylic acids is 2. The standard InChI is InChI=1S/C10H7BrClNO2/c11-7-3-8-5(2-10(15)13-8)1-6(7)9(14)4-12/h1,3H,2,4H2,(H,13,15). The highest BCUT2D eigenvalue weighted by Gasteiger charge is 2.21. The Morgan fingerprint density at radius 2 is 2.27 bits per heavy atom. The molecule has 3 nitrogen and oxygen atoms in total. The molecule has 1 aliphatic heterocycles. The van der Waals surface area contributed by atoms with Crippen LogP contribution in [-0.2, 0) is 11.2 Å². The van der Waals surface area contributed by atoms with Crippen molar-refractivity contribution in [3.8, 4) is 0 Å². The molecule has 2 rings (SSSR count). The minimum atomic E-state index is -0.148. The zero-order valence-electron chi connectivity index (χ0n) is 7.64. The third-order valence-electron chi connectivity index (χ3n) is 2.24. The number of carbonyl (C=O) groups is 2. The Morgan fingerprint density at radius 3 is 2.93 bits per heavy atom. The molecule has 0 spiro atoms. The Kier molecular flexibility index (Phi) is 2.80. The van der Waals surface area contributed by atoms with Gasteiger partial charge in [0.1, 0.15) is 0 Å². The molecule has 0 unspecified atom stereocenters. The van der Waals surface area contributed by atoms with E-state index in [4.69, 9.17) is 11.6 Å². The van der Waals surface area contributed by atoms with Gasteiger partial charge in [0.25, 0.3) is 0 Å². The molecular formula is C10H7BrClNO2. The predicted octanol–water partition coefficient (Wildman–Crippen LogP) is 2.37. The van der Waals surface area contributed by atoms with Gasteiger partial charge in [-0.05, 0) is 33.6 Å². The minimum absolute atomic E-state index is 0.0487. The number of hydrogen-bond acceptors (Lipinski definition) is 2. The lowest BCUT2D eigenvalue weighted by Crippen LogP contribution is -2.03. The van der Waals surface area contributed by atoms with Gasteiger partial charge in [0.05, 0.1) is 12.3 Å². The lowest BCUT2D eigenvalue weighted by Gasteiger charge is -2.04. The fourth-order valence-corrected chi connectivity index (χ4v) is 2.24. The normalized spacial score (nSPS) is 13.6. The molecule has 0 atom stereocenters. The summed E-state index contributed by atoms with van der Waals surface area (Å²) in [6.07, 6.45) is 0.325. The van der Waals surface area contributed by atoms with E-state index < -0.39 is 0 Å². The Bertz CT molecular complexity index is 459. The number of Topliss-reactive ketones (excluding diaryl/α,β-unsaturated/α-hetero) is 1. The van der Waals surface area contributed by atoms with Gasteiger partial charge in [-0.1, -0.05) is 0 Å². The van der Waals surface area contributed by atoms with E-state index in [0.717, 1.165) is 11.3 Å². The first-order valence-corrected chi connectivity index (χ1v) is 5.66. The second kappa shape index (κ2) is 3.94. The maximum atomic E-state index is 11.4. The molecule has 0 bridgehead atoms. The van der Waals surface area contributed by atoms with Gasteiger partial charge in [-0.25, -0.2) is 0 Å². The van der Waals surface area contributed by atoms with Crippen LogP contribution >= 0.6 is 27.5 Å². The monoisotopic (exact) mass is 287 g/mol. The zero-order chi connectivity index (χ0) is 11.0. The van der Waals surface area contributed by atoms with Crippen LogP contribution < -0.4 is 5.32 Å². The number of rotatable bonds is 2. The van der Waals surface area contributed by atoms with Crippen molar-refractivity contribution in [1.29, 1.82) is 0 Å². The highest BCUT2D eigenvalue weighted by atomic mass is 79.9. The molecule has 0 saturated carbocycles. The molecule has 1 aromatic carbocycles. The van der Waals surface area contributed by atoms with Crippen LogP contribution in [0, 0.1) is 0 Å². The summed E-state index contributed by atoms with van der Waals surface area (Å²) in [6.45, 7) is 0. The smallest absolute Gasteiger partial charge is 0.228 e. The second-order valence-corrected chi connectivity index (χ2v) is 4.39. The molecule has 5 heteroatoms. The Hall–Kier alpha value is -0.870. The molecule has 0 aliphatic carbocycles. The van der Waals surface area contributed by atoms with Crippen molar-refractivity contribution in [1.82, 2.24) is 0 Å². The summed E-state index contributed by atoms with van der Waals surface area (Å²) in [5.41, 5.74) is 2.13. The van der Waals surface area contributed by atoms with Crippen LogP contribution in [-0.4, -0.2) is 17.6 Å². The molecule has 0 radical (unpaired) electrons. The molecule has 78 valence electrons. The number of benzene rings is 1. The van der Waals surface area contributed by atoms with Crippen LogP contribution in [0.2, 0.25) is 0 Å². The van der Waals surface area contributed by atoms with Gasteiger partial charge in [0.2, 0.25) is 5.91 Å². The Labute approximate surface area is 99.9 Å². The maximum absolute atomic E-state index is 11.4. The van der Waals surface area contributed by atoms with Gasteiger partial charge in [-0.15, -0.1) is 11.6 Å².